The highest BCUT2D eigenvalue weighted by Crippen LogP contribution is 2.19. The van der Waals surface area contributed by atoms with Crippen LogP contribution in [0.2, 0.25) is 0 Å². The van der Waals surface area contributed by atoms with E-state index in [1.54, 1.807) is 0 Å². The molecular formula is C16H22N2O2S. The predicted octanol–water partition coefficient (Wildman–Crippen LogP) is 1.55. The van der Waals surface area contributed by atoms with E-state index in [-0.39, 0.29) is 23.0 Å². The molecule has 1 aromatic rings. The van der Waals surface area contributed by atoms with Crippen molar-refractivity contribution >= 4 is 23.1 Å². The van der Waals surface area contributed by atoms with Crippen molar-refractivity contribution < 1.29 is 9.90 Å². The first-order valence-electron chi connectivity index (χ1n) is 7.38. The summed E-state index contributed by atoms with van der Waals surface area (Å²) in [6, 6.07) is 9.87. The van der Waals surface area contributed by atoms with Gasteiger partial charge in [-0.05, 0) is 37.7 Å². The van der Waals surface area contributed by atoms with E-state index in [4.69, 9.17) is 18.0 Å². The summed E-state index contributed by atoms with van der Waals surface area (Å²) in [5.41, 5.74) is 6.79. The summed E-state index contributed by atoms with van der Waals surface area (Å²) in [6.07, 6.45) is 3.39. The number of hydrogen-bond donors (Lipinski definition) is 3. The average Bonchev–Trinajstić information content (AvgIpc) is 2.48. The molecule has 114 valence electrons. The first-order chi connectivity index (χ1) is 10.1. The Hall–Kier alpha value is -1.46. The number of aliphatic hydroxyl groups is 1. The number of rotatable bonds is 5. The van der Waals surface area contributed by atoms with Gasteiger partial charge in [-0.1, -0.05) is 42.5 Å². The molecule has 0 heterocycles. The molecular weight excluding hydrogens is 284 g/mol. The Labute approximate surface area is 130 Å². The van der Waals surface area contributed by atoms with Crippen LogP contribution in [0.4, 0.5) is 0 Å². The summed E-state index contributed by atoms with van der Waals surface area (Å²) in [5.74, 6) is -0.581. The van der Waals surface area contributed by atoms with E-state index in [2.05, 4.69) is 5.32 Å². The lowest BCUT2D eigenvalue weighted by Crippen LogP contribution is -2.45. The number of carbonyl (C=O) groups is 1. The van der Waals surface area contributed by atoms with E-state index in [9.17, 15) is 9.90 Å². The number of carbonyl (C=O) groups excluding carboxylic acids is 1. The fraction of sp³-hybridized carbons (Fsp3) is 0.500. The smallest absolute Gasteiger partial charge is 0.230 e. The van der Waals surface area contributed by atoms with Gasteiger partial charge in [0, 0.05) is 6.04 Å². The second-order valence-electron chi connectivity index (χ2n) is 5.66. The van der Waals surface area contributed by atoms with Gasteiger partial charge in [-0.3, -0.25) is 4.79 Å². The first-order valence-corrected chi connectivity index (χ1v) is 7.78. The van der Waals surface area contributed by atoms with Crippen LogP contribution in [0.3, 0.4) is 0 Å². The molecule has 1 amide bonds. The Bertz CT molecular complexity index is 484. The molecule has 4 nitrogen and oxygen atoms in total. The summed E-state index contributed by atoms with van der Waals surface area (Å²) in [7, 11) is 0. The van der Waals surface area contributed by atoms with Crippen molar-refractivity contribution in [1.82, 2.24) is 5.32 Å². The number of benzene rings is 1. The molecule has 0 spiro atoms. The van der Waals surface area contributed by atoms with Gasteiger partial charge >= 0.3 is 0 Å². The zero-order valence-corrected chi connectivity index (χ0v) is 12.8. The largest absolute Gasteiger partial charge is 0.393 e. The topological polar surface area (TPSA) is 75.4 Å². The van der Waals surface area contributed by atoms with Crippen LogP contribution in [-0.2, 0) is 11.2 Å². The number of thiocarbonyl (C=S) groups is 1. The molecule has 0 bridgehead atoms. The minimum Gasteiger partial charge on any atom is -0.393 e. The molecule has 4 N–H and O–H groups in total. The summed E-state index contributed by atoms with van der Waals surface area (Å²) >= 11 is 5.06. The molecule has 1 aliphatic carbocycles. The van der Waals surface area contributed by atoms with Crippen LogP contribution in [0.15, 0.2) is 30.3 Å². The zero-order valence-electron chi connectivity index (χ0n) is 12.0. The van der Waals surface area contributed by atoms with Gasteiger partial charge in [0.25, 0.3) is 0 Å². The lowest BCUT2D eigenvalue weighted by molar-refractivity contribution is -0.124. The third kappa shape index (κ3) is 4.79. The maximum absolute atomic E-state index is 12.4. The molecule has 1 aliphatic rings. The minimum atomic E-state index is -0.478. The zero-order chi connectivity index (χ0) is 15.2. The fourth-order valence-corrected chi connectivity index (χ4v) is 2.88. The lowest BCUT2D eigenvalue weighted by atomic mass is 9.92. The van der Waals surface area contributed by atoms with Gasteiger partial charge < -0.3 is 16.2 Å². The highest BCUT2D eigenvalue weighted by Gasteiger charge is 2.26. The van der Waals surface area contributed by atoms with E-state index in [0.717, 1.165) is 31.2 Å². The third-order valence-corrected chi connectivity index (χ3v) is 4.27. The summed E-state index contributed by atoms with van der Waals surface area (Å²) in [4.78, 5) is 12.6. The second kappa shape index (κ2) is 7.52. The maximum atomic E-state index is 12.4. The molecule has 0 radical (unpaired) electrons. The van der Waals surface area contributed by atoms with Gasteiger partial charge in [-0.2, -0.15) is 0 Å². The van der Waals surface area contributed by atoms with Crippen LogP contribution in [0.1, 0.15) is 31.2 Å². The van der Waals surface area contributed by atoms with Gasteiger partial charge in [0.05, 0.1) is 17.0 Å². The molecule has 21 heavy (non-hydrogen) atoms. The maximum Gasteiger partial charge on any atom is 0.230 e. The first kappa shape index (κ1) is 15.9. The van der Waals surface area contributed by atoms with Crippen molar-refractivity contribution in [3.05, 3.63) is 35.9 Å². The van der Waals surface area contributed by atoms with Crippen LogP contribution in [0, 0.1) is 5.92 Å². The van der Waals surface area contributed by atoms with Crippen LogP contribution in [-0.4, -0.2) is 28.1 Å². The number of aliphatic hydroxyl groups excluding tert-OH is 1. The van der Waals surface area contributed by atoms with Crippen molar-refractivity contribution in [3.8, 4) is 0 Å². The number of nitrogens with one attached hydrogen (secondary N) is 1. The van der Waals surface area contributed by atoms with Crippen LogP contribution in [0.5, 0.6) is 0 Å². The van der Waals surface area contributed by atoms with Crippen LogP contribution < -0.4 is 11.1 Å². The molecule has 0 aliphatic heterocycles. The molecule has 1 saturated carbocycles. The molecule has 1 fully saturated rings. The normalized spacial score (nSPS) is 23.3. The van der Waals surface area contributed by atoms with Gasteiger partial charge in [0.15, 0.2) is 0 Å². The molecule has 1 unspecified atom stereocenters. The van der Waals surface area contributed by atoms with Gasteiger partial charge in [-0.15, -0.1) is 0 Å². The van der Waals surface area contributed by atoms with Crippen molar-refractivity contribution in [3.63, 3.8) is 0 Å². The Morgan fingerprint density at radius 3 is 2.48 bits per heavy atom. The highest BCUT2D eigenvalue weighted by atomic mass is 32.1. The molecule has 1 aromatic carbocycles. The lowest BCUT2D eigenvalue weighted by Gasteiger charge is -2.27. The Balaban J connectivity index is 1.94. The van der Waals surface area contributed by atoms with Crippen molar-refractivity contribution in [2.75, 3.05) is 0 Å². The number of nitrogens with two attached hydrogens (primary N) is 1. The number of amides is 1. The standard InChI is InChI=1S/C16H22N2O2S/c17-15(21)14(10-11-4-2-1-3-5-11)16(20)18-12-6-8-13(19)9-7-12/h1-5,12-14,19H,6-10H2,(H2,17,21)(H,18,20). The number of hydrogen-bond acceptors (Lipinski definition) is 3. The quantitative estimate of drug-likeness (QED) is 0.722. The van der Waals surface area contributed by atoms with E-state index in [0.29, 0.717) is 6.42 Å². The molecule has 0 aromatic heterocycles. The van der Waals surface area contributed by atoms with E-state index < -0.39 is 5.92 Å². The molecule has 1 atom stereocenters. The SMILES string of the molecule is NC(=S)C(Cc1ccccc1)C(=O)NC1CCC(O)CC1. The van der Waals surface area contributed by atoms with E-state index in [1.807, 2.05) is 30.3 Å². The monoisotopic (exact) mass is 306 g/mol. The third-order valence-electron chi connectivity index (χ3n) is 3.99. The average molecular weight is 306 g/mol. The van der Waals surface area contributed by atoms with Gasteiger partial charge in [-0.25, -0.2) is 0 Å². The van der Waals surface area contributed by atoms with Crippen molar-refractivity contribution in [2.24, 2.45) is 11.7 Å². The molecule has 2 rings (SSSR count). The Kier molecular flexibility index (Phi) is 5.70. The molecule has 0 saturated heterocycles. The van der Waals surface area contributed by atoms with Crippen molar-refractivity contribution in [1.29, 1.82) is 0 Å². The summed E-state index contributed by atoms with van der Waals surface area (Å²) < 4.78 is 0. The molecule has 5 heteroatoms. The minimum absolute atomic E-state index is 0.104. The van der Waals surface area contributed by atoms with E-state index in [1.165, 1.54) is 0 Å². The van der Waals surface area contributed by atoms with Crippen LogP contribution >= 0.6 is 12.2 Å². The highest BCUT2D eigenvalue weighted by molar-refractivity contribution is 7.80. The predicted molar refractivity (Wildman–Crippen MR) is 86.8 cm³/mol. The Morgan fingerprint density at radius 1 is 1.29 bits per heavy atom. The van der Waals surface area contributed by atoms with E-state index >= 15 is 0 Å². The van der Waals surface area contributed by atoms with Gasteiger partial charge in [0.2, 0.25) is 5.91 Å². The van der Waals surface area contributed by atoms with Gasteiger partial charge in [0.1, 0.15) is 0 Å². The Morgan fingerprint density at radius 2 is 1.90 bits per heavy atom. The van der Waals surface area contributed by atoms with Crippen LogP contribution in [0.25, 0.3) is 0 Å². The summed E-state index contributed by atoms with van der Waals surface area (Å²) in [5, 5.41) is 12.5. The fourth-order valence-electron chi connectivity index (χ4n) is 2.69. The summed E-state index contributed by atoms with van der Waals surface area (Å²) in [6.45, 7) is 0. The van der Waals surface area contributed by atoms with Crippen molar-refractivity contribution in [2.45, 2.75) is 44.2 Å². The second-order valence-corrected chi connectivity index (χ2v) is 6.13.